The van der Waals surface area contributed by atoms with Crippen molar-refractivity contribution in [1.82, 2.24) is 9.97 Å². The van der Waals surface area contributed by atoms with Crippen molar-refractivity contribution in [2.45, 2.75) is 39.5 Å². The minimum atomic E-state index is -0.0344. The van der Waals surface area contributed by atoms with E-state index in [2.05, 4.69) is 29.1 Å². The van der Waals surface area contributed by atoms with Crippen molar-refractivity contribution in [3.63, 3.8) is 0 Å². The van der Waals surface area contributed by atoms with Gasteiger partial charge in [-0.25, -0.2) is 9.97 Å². The molecule has 0 unspecified atom stereocenters. The fraction of sp³-hybridized carbons (Fsp3) is 0.409. The molecule has 0 bridgehead atoms. The summed E-state index contributed by atoms with van der Waals surface area (Å²) in [5, 5.41) is 4.19. The highest BCUT2D eigenvalue weighted by molar-refractivity contribution is 7.19. The van der Waals surface area contributed by atoms with Crippen LogP contribution in [-0.2, 0) is 24.1 Å². The van der Waals surface area contributed by atoms with E-state index in [1.54, 1.807) is 17.7 Å². The van der Waals surface area contributed by atoms with Crippen LogP contribution in [0.4, 0.5) is 11.5 Å². The van der Waals surface area contributed by atoms with Crippen LogP contribution in [0.15, 0.2) is 30.6 Å². The Bertz CT molecular complexity index is 1010. The third-order valence-corrected chi connectivity index (χ3v) is 6.65. The van der Waals surface area contributed by atoms with Gasteiger partial charge in [-0.2, -0.15) is 0 Å². The number of aromatic nitrogens is 2. The molecule has 0 aliphatic heterocycles. The van der Waals surface area contributed by atoms with Crippen LogP contribution in [0.3, 0.4) is 0 Å². The summed E-state index contributed by atoms with van der Waals surface area (Å²) in [5.41, 5.74) is 3.42. The molecule has 4 rings (SSSR count). The number of benzene rings is 1. The number of aryl methyl sites for hydroxylation is 2. The maximum absolute atomic E-state index is 12.7. The molecule has 2 aromatic heterocycles. The molecular formula is C22H26N4OS. The molecule has 3 aromatic rings. The van der Waals surface area contributed by atoms with Gasteiger partial charge in [-0.3, -0.25) is 4.79 Å². The fourth-order valence-corrected chi connectivity index (χ4v) is 5.32. The molecule has 5 nitrogen and oxygen atoms in total. The number of likely N-dealkylation sites (N-methyl/N-ethyl adjacent to an activating group) is 1. The molecule has 0 saturated carbocycles. The van der Waals surface area contributed by atoms with E-state index in [0.29, 0.717) is 0 Å². The first kappa shape index (κ1) is 18.9. The Morgan fingerprint density at radius 1 is 1.32 bits per heavy atom. The first-order valence-electron chi connectivity index (χ1n) is 9.91. The van der Waals surface area contributed by atoms with E-state index in [4.69, 9.17) is 0 Å². The molecule has 0 radical (unpaired) electrons. The molecule has 1 atom stereocenters. The molecule has 1 aliphatic carbocycles. The normalized spacial score (nSPS) is 16.0. The zero-order chi connectivity index (χ0) is 19.7. The zero-order valence-corrected chi connectivity index (χ0v) is 17.5. The lowest BCUT2D eigenvalue weighted by Crippen LogP contribution is -2.31. The second kappa shape index (κ2) is 7.87. The average molecular weight is 395 g/mol. The molecule has 1 amide bonds. The number of amides is 1. The van der Waals surface area contributed by atoms with Crippen molar-refractivity contribution >= 4 is 39.0 Å². The Labute approximate surface area is 169 Å². The zero-order valence-electron chi connectivity index (χ0n) is 16.7. The van der Waals surface area contributed by atoms with Crippen LogP contribution < -0.4 is 10.2 Å². The number of carbonyl (C=O) groups excluding carboxylic acids is 1. The van der Waals surface area contributed by atoms with Crippen molar-refractivity contribution in [2.75, 3.05) is 23.8 Å². The van der Waals surface area contributed by atoms with E-state index >= 15 is 0 Å². The minimum Gasteiger partial charge on any atom is -0.350 e. The summed E-state index contributed by atoms with van der Waals surface area (Å²) in [4.78, 5) is 26.1. The van der Waals surface area contributed by atoms with Gasteiger partial charge < -0.3 is 10.2 Å². The van der Waals surface area contributed by atoms with Crippen LogP contribution in [0.25, 0.3) is 10.2 Å². The Hall–Kier alpha value is -2.47. The van der Waals surface area contributed by atoms with E-state index < -0.39 is 0 Å². The number of para-hydroxylation sites is 1. The van der Waals surface area contributed by atoms with Crippen molar-refractivity contribution in [3.05, 3.63) is 46.6 Å². The average Bonchev–Trinajstić information content (AvgIpc) is 3.05. The van der Waals surface area contributed by atoms with E-state index in [1.807, 2.05) is 36.2 Å². The molecule has 28 heavy (non-hydrogen) atoms. The second-order valence-electron chi connectivity index (χ2n) is 7.64. The molecule has 1 aromatic carbocycles. The van der Waals surface area contributed by atoms with Gasteiger partial charge in [0.05, 0.1) is 11.9 Å². The number of rotatable bonds is 5. The second-order valence-corrected chi connectivity index (χ2v) is 8.73. The lowest BCUT2D eigenvalue weighted by atomic mass is 9.89. The van der Waals surface area contributed by atoms with Crippen molar-refractivity contribution in [3.8, 4) is 0 Å². The number of fused-ring (bicyclic) bond motifs is 3. The van der Waals surface area contributed by atoms with Gasteiger partial charge in [-0.15, -0.1) is 11.3 Å². The first-order chi connectivity index (χ1) is 13.6. The molecule has 0 fully saturated rings. The molecule has 146 valence electrons. The summed E-state index contributed by atoms with van der Waals surface area (Å²) in [5.74, 6) is 1.54. The van der Waals surface area contributed by atoms with Gasteiger partial charge in [0, 0.05) is 17.6 Å². The number of carbonyl (C=O) groups is 1. The van der Waals surface area contributed by atoms with Crippen molar-refractivity contribution in [1.29, 1.82) is 0 Å². The Morgan fingerprint density at radius 2 is 2.14 bits per heavy atom. The van der Waals surface area contributed by atoms with Crippen LogP contribution >= 0.6 is 11.3 Å². The monoisotopic (exact) mass is 394 g/mol. The smallest absolute Gasteiger partial charge is 0.243 e. The van der Waals surface area contributed by atoms with E-state index in [1.165, 1.54) is 16.9 Å². The van der Waals surface area contributed by atoms with Crippen LogP contribution in [0, 0.1) is 5.92 Å². The lowest BCUT2D eigenvalue weighted by Gasteiger charge is -2.21. The summed E-state index contributed by atoms with van der Waals surface area (Å²) < 4.78 is 0. The number of nitrogens with one attached hydrogen (secondary N) is 1. The summed E-state index contributed by atoms with van der Waals surface area (Å²) in [6.45, 7) is 4.66. The molecule has 1 aliphatic rings. The lowest BCUT2D eigenvalue weighted by molar-refractivity contribution is -0.114. The maximum atomic E-state index is 12.7. The molecule has 6 heteroatoms. The molecule has 2 heterocycles. The van der Waals surface area contributed by atoms with E-state index in [0.717, 1.165) is 52.5 Å². The van der Waals surface area contributed by atoms with Gasteiger partial charge >= 0.3 is 0 Å². The fourth-order valence-electron chi connectivity index (χ4n) is 3.98. The van der Waals surface area contributed by atoms with Crippen molar-refractivity contribution in [2.24, 2.45) is 5.92 Å². The largest absolute Gasteiger partial charge is 0.350 e. The van der Waals surface area contributed by atoms with E-state index in [-0.39, 0.29) is 12.5 Å². The minimum absolute atomic E-state index is 0.0344. The first-order valence-corrected chi connectivity index (χ1v) is 10.7. The molecular weight excluding hydrogens is 368 g/mol. The number of hydrogen-bond acceptors (Lipinski definition) is 5. The van der Waals surface area contributed by atoms with Crippen molar-refractivity contribution < 1.29 is 4.79 Å². The van der Waals surface area contributed by atoms with Crippen LogP contribution in [0.1, 0.15) is 36.3 Å². The highest BCUT2D eigenvalue weighted by atomic mass is 32.1. The van der Waals surface area contributed by atoms with Gasteiger partial charge in [0.15, 0.2) is 0 Å². The summed E-state index contributed by atoms with van der Waals surface area (Å²) >= 11 is 1.78. The Kier molecular flexibility index (Phi) is 5.31. The number of nitrogens with zero attached hydrogens (tertiary/aromatic N) is 3. The van der Waals surface area contributed by atoms with Crippen LogP contribution in [0.2, 0.25) is 0 Å². The Balaban J connectivity index is 1.57. The summed E-state index contributed by atoms with van der Waals surface area (Å²) in [6, 6.07) is 7.95. The quantitative estimate of drug-likeness (QED) is 0.694. The third-order valence-electron chi connectivity index (χ3n) is 5.49. The maximum Gasteiger partial charge on any atom is 0.243 e. The predicted octanol–water partition coefficient (Wildman–Crippen LogP) is 4.45. The topological polar surface area (TPSA) is 58.1 Å². The third kappa shape index (κ3) is 3.61. The molecule has 0 saturated heterocycles. The molecule has 0 spiro atoms. The predicted molar refractivity (Wildman–Crippen MR) is 116 cm³/mol. The van der Waals surface area contributed by atoms with E-state index in [9.17, 15) is 4.79 Å². The van der Waals surface area contributed by atoms with Gasteiger partial charge in [0.1, 0.15) is 17.0 Å². The standard InChI is InChI=1S/C22H26N4OS/c1-4-15-7-5-6-8-17(15)25-19(27)12-26(3)21-20-16-10-9-14(2)11-18(16)28-22(20)24-13-23-21/h5-8,13-14H,4,9-12H2,1-3H3,(H,25,27)/t14-/m1/s1. The molecule has 1 N–H and O–H groups in total. The SMILES string of the molecule is CCc1ccccc1NC(=O)CN(C)c1ncnc2sc3c(c12)CC[C@@H](C)C3. The highest BCUT2D eigenvalue weighted by Crippen LogP contribution is 2.40. The van der Waals surface area contributed by atoms with Gasteiger partial charge in [-0.05, 0) is 48.8 Å². The highest BCUT2D eigenvalue weighted by Gasteiger charge is 2.24. The van der Waals surface area contributed by atoms with Gasteiger partial charge in [-0.1, -0.05) is 32.0 Å². The Morgan fingerprint density at radius 3 is 2.96 bits per heavy atom. The van der Waals surface area contributed by atoms with Crippen LogP contribution in [0.5, 0.6) is 0 Å². The number of thiophene rings is 1. The van der Waals surface area contributed by atoms with Gasteiger partial charge in [0.2, 0.25) is 5.91 Å². The van der Waals surface area contributed by atoms with Crippen LogP contribution in [-0.4, -0.2) is 29.5 Å². The van der Waals surface area contributed by atoms with Gasteiger partial charge in [0.25, 0.3) is 0 Å². The summed E-state index contributed by atoms with van der Waals surface area (Å²) in [6.07, 6.45) is 5.89. The number of anilines is 2. The summed E-state index contributed by atoms with van der Waals surface area (Å²) in [7, 11) is 1.93. The number of hydrogen-bond donors (Lipinski definition) is 1.